The van der Waals surface area contributed by atoms with Gasteiger partial charge in [-0.15, -0.1) is 0 Å². The molecule has 1 aromatic heterocycles. The van der Waals surface area contributed by atoms with E-state index in [1.807, 2.05) is 48.5 Å². The molecule has 6 heteroatoms. The Morgan fingerprint density at radius 1 is 1.16 bits per heavy atom. The summed E-state index contributed by atoms with van der Waals surface area (Å²) in [4.78, 5) is 14.3. The maximum atomic E-state index is 12.5. The fourth-order valence-electron chi connectivity index (χ4n) is 3.02. The summed E-state index contributed by atoms with van der Waals surface area (Å²) >= 11 is 5.94. The second-order valence-electron chi connectivity index (χ2n) is 5.98. The lowest BCUT2D eigenvalue weighted by molar-refractivity contribution is 0.217. The van der Waals surface area contributed by atoms with E-state index < -0.39 is 0 Å². The van der Waals surface area contributed by atoms with Crippen LogP contribution in [-0.2, 0) is 0 Å². The number of benzene rings is 2. The highest BCUT2D eigenvalue weighted by atomic mass is 35.5. The molecule has 1 aliphatic heterocycles. The molecule has 2 aromatic carbocycles. The van der Waals surface area contributed by atoms with E-state index in [1.165, 1.54) is 5.57 Å². The normalized spacial score (nSPS) is 14.4. The number of anilines is 1. The van der Waals surface area contributed by atoms with Gasteiger partial charge in [0.05, 0.1) is 5.52 Å². The molecule has 4 rings (SSSR count). The van der Waals surface area contributed by atoms with Gasteiger partial charge in [0, 0.05) is 23.5 Å². The predicted octanol–water partition coefficient (Wildman–Crippen LogP) is 4.54. The molecule has 1 aliphatic rings. The summed E-state index contributed by atoms with van der Waals surface area (Å²) in [5, 5.41) is 11.6. The van der Waals surface area contributed by atoms with E-state index in [-0.39, 0.29) is 6.03 Å². The standard InChI is InChI=1S/C19H17ClN4O/c20-15-7-5-13(6-8-15)14-9-11-24(12-10-14)19(25)21-18-16-3-1-2-4-17(16)22-23-18/h1-9H,10-12H2,(H2,21,22,23,25). The van der Waals surface area contributed by atoms with Crippen molar-refractivity contribution < 1.29 is 4.79 Å². The summed E-state index contributed by atoms with van der Waals surface area (Å²) in [5.41, 5.74) is 3.30. The number of aromatic nitrogens is 2. The summed E-state index contributed by atoms with van der Waals surface area (Å²) in [5.74, 6) is 0.563. The Labute approximate surface area is 150 Å². The molecule has 0 radical (unpaired) electrons. The SMILES string of the molecule is O=C(Nc1n[nH]c2ccccc12)N1CC=C(c2ccc(Cl)cc2)CC1. The molecule has 0 fully saturated rings. The van der Waals surface area contributed by atoms with Crippen molar-refractivity contribution in [3.8, 4) is 0 Å². The number of para-hydroxylation sites is 1. The van der Waals surface area contributed by atoms with Crippen LogP contribution < -0.4 is 5.32 Å². The number of rotatable bonds is 2. The Bertz CT molecular complexity index is 945. The minimum Gasteiger partial charge on any atom is -0.320 e. The maximum Gasteiger partial charge on any atom is 0.323 e. The van der Waals surface area contributed by atoms with Gasteiger partial charge in [-0.2, -0.15) is 5.10 Å². The van der Waals surface area contributed by atoms with Gasteiger partial charge in [-0.25, -0.2) is 4.79 Å². The molecule has 5 nitrogen and oxygen atoms in total. The Morgan fingerprint density at radius 2 is 1.96 bits per heavy atom. The molecule has 0 saturated heterocycles. The maximum absolute atomic E-state index is 12.5. The Balaban J connectivity index is 1.45. The first-order chi connectivity index (χ1) is 12.2. The molecule has 0 bridgehead atoms. The molecule has 3 aromatic rings. The van der Waals surface area contributed by atoms with Gasteiger partial charge >= 0.3 is 6.03 Å². The van der Waals surface area contributed by atoms with E-state index in [2.05, 4.69) is 21.6 Å². The third-order valence-electron chi connectivity index (χ3n) is 4.41. The molecule has 0 aliphatic carbocycles. The van der Waals surface area contributed by atoms with Gasteiger partial charge in [0.2, 0.25) is 0 Å². The molecule has 0 unspecified atom stereocenters. The van der Waals surface area contributed by atoms with Crippen molar-refractivity contribution in [1.82, 2.24) is 15.1 Å². The van der Waals surface area contributed by atoms with Crippen molar-refractivity contribution in [2.24, 2.45) is 0 Å². The van der Waals surface area contributed by atoms with Crippen LogP contribution in [0.15, 0.2) is 54.6 Å². The lowest BCUT2D eigenvalue weighted by Gasteiger charge is -2.26. The molecule has 2 amide bonds. The van der Waals surface area contributed by atoms with E-state index in [0.29, 0.717) is 18.9 Å². The van der Waals surface area contributed by atoms with Crippen LogP contribution in [0, 0.1) is 0 Å². The van der Waals surface area contributed by atoms with Crippen LogP contribution in [0.3, 0.4) is 0 Å². The number of fused-ring (bicyclic) bond motifs is 1. The zero-order valence-corrected chi connectivity index (χ0v) is 14.3. The Morgan fingerprint density at radius 3 is 2.72 bits per heavy atom. The minimum atomic E-state index is -0.136. The number of amides is 2. The van der Waals surface area contributed by atoms with Gasteiger partial charge in [0.15, 0.2) is 5.82 Å². The highest BCUT2D eigenvalue weighted by molar-refractivity contribution is 6.30. The summed E-state index contributed by atoms with van der Waals surface area (Å²) in [6, 6.07) is 15.4. The van der Waals surface area contributed by atoms with Crippen molar-refractivity contribution in [2.45, 2.75) is 6.42 Å². The third kappa shape index (κ3) is 3.23. The lowest BCUT2D eigenvalue weighted by atomic mass is 10.00. The van der Waals surface area contributed by atoms with Gasteiger partial charge < -0.3 is 4.90 Å². The van der Waals surface area contributed by atoms with E-state index in [4.69, 9.17) is 11.6 Å². The topological polar surface area (TPSA) is 61.0 Å². The summed E-state index contributed by atoms with van der Waals surface area (Å²) in [6.07, 6.45) is 2.91. The molecule has 126 valence electrons. The van der Waals surface area contributed by atoms with Crippen molar-refractivity contribution in [3.63, 3.8) is 0 Å². The van der Waals surface area contributed by atoms with E-state index >= 15 is 0 Å². The number of nitrogens with one attached hydrogen (secondary N) is 2. The molecular weight excluding hydrogens is 336 g/mol. The monoisotopic (exact) mass is 352 g/mol. The Kier molecular flexibility index (Phi) is 4.15. The minimum absolute atomic E-state index is 0.136. The predicted molar refractivity (Wildman–Crippen MR) is 101 cm³/mol. The highest BCUT2D eigenvalue weighted by Crippen LogP contribution is 2.25. The van der Waals surface area contributed by atoms with Crippen LogP contribution in [0.25, 0.3) is 16.5 Å². The molecule has 25 heavy (non-hydrogen) atoms. The highest BCUT2D eigenvalue weighted by Gasteiger charge is 2.19. The summed E-state index contributed by atoms with van der Waals surface area (Å²) in [6.45, 7) is 1.24. The zero-order valence-electron chi connectivity index (χ0n) is 13.5. The van der Waals surface area contributed by atoms with Crippen molar-refractivity contribution in [2.75, 3.05) is 18.4 Å². The number of halogens is 1. The number of carbonyl (C=O) groups is 1. The van der Waals surface area contributed by atoms with Crippen LogP contribution in [0.4, 0.5) is 10.6 Å². The molecule has 0 spiro atoms. The molecule has 0 atom stereocenters. The van der Waals surface area contributed by atoms with Crippen LogP contribution in [-0.4, -0.2) is 34.2 Å². The quantitative estimate of drug-likeness (QED) is 0.711. The third-order valence-corrected chi connectivity index (χ3v) is 4.66. The number of aromatic amines is 1. The van der Waals surface area contributed by atoms with Crippen molar-refractivity contribution in [3.05, 3.63) is 65.2 Å². The van der Waals surface area contributed by atoms with E-state index in [1.54, 1.807) is 4.90 Å². The van der Waals surface area contributed by atoms with E-state index in [0.717, 1.165) is 27.9 Å². The van der Waals surface area contributed by atoms with Crippen molar-refractivity contribution >= 4 is 39.9 Å². The molecule has 2 heterocycles. The average molecular weight is 353 g/mol. The number of carbonyl (C=O) groups excluding carboxylic acids is 1. The van der Waals surface area contributed by atoms with Crippen LogP contribution in [0.5, 0.6) is 0 Å². The van der Waals surface area contributed by atoms with Crippen LogP contribution >= 0.6 is 11.6 Å². The van der Waals surface area contributed by atoms with Crippen molar-refractivity contribution in [1.29, 1.82) is 0 Å². The number of hydrogen-bond acceptors (Lipinski definition) is 2. The van der Waals surface area contributed by atoms with Gasteiger partial charge in [0.1, 0.15) is 0 Å². The first kappa shape index (κ1) is 15.7. The first-order valence-electron chi connectivity index (χ1n) is 8.15. The number of hydrogen-bond donors (Lipinski definition) is 2. The zero-order chi connectivity index (χ0) is 17.2. The number of urea groups is 1. The number of nitrogens with zero attached hydrogens (tertiary/aromatic N) is 2. The second kappa shape index (κ2) is 6.61. The van der Waals surface area contributed by atoms with Gasteiger partial charge in [-0.3, -0.25) is 10.4 Å². The van der Waals surface area contributed by atoms with Gasteiger partial charge in [-0.1, -0.05) is 41.9 Å². The van der Waals surface area contributed by atoms with Crippen LogP contribution in [0.1, 0.15) is 12.0 Å². The van der Waals surface area contributed by atoms with Gasteiger partial charge in [0.25, 0.3) is 0 Å². The van der Waals surface area contributed by atoms with Gasteiger partial charge in [-0.05, 0) is 41.8 Å². The first-order valence-corrected chi connectivity index (χ1v) is 8.52. The fourth-order valence-corrected chi connectivity index (χ4v) is 3.14. The smallest absolute Gasteiger partial charge is 0.320 e. The van der Waals surface area contributed by atoms with Crippen LogP contribution in [0.2, 0.25) is 5.02 Å². The summed E-state index contributed by atoms with van der Waals surface area (Å²) in [7, 11) is 0. The molecular formula is C19H17ClN4O. The average Bonchev–Trinajstić information content (AvgIpc) is 3.06. The fraction of sp³-hybridized carbons (Fsp3) is 0.158. The summed E-state index contributed by atoms with van der Waals surface area (Å²) < 4.78 is 0. The largest absolute Gasteiger partial charge is 0.323 e. The second-order valence-corrected chi connectivity index (χ2v) is 6.42. The molecule has 2 N–H and O–H groups in total. The molecule has 0 saturated carbocycles. The Hall–Kier alpha value is -2.79. The lowest BCUT2D eigenvalue weighted by Crippen LogP contribution is -2.38. The van der Waals surface area contributed by atoms with E-state index in [9.17, 15) is 4.79 Å². The number of H-pyrrole nitrogens is 1.